The van der Waals surface area contributed by atoms with Gasteiger partial charge >= 0.3 is 0 Å². The van der Waals surface area contributed by atoms with E-state index in [2.05, 4.69) is 48.2 Å². The number of nitro groups is 1. The maximum Gasteiger partial charge on any atom is 0.270 e. The van der Waals surface area contributed by atoms with Crippen molar-refractivity contribution in [3.05, 3.63) is 135 Å². The number of rotatable bonds is 8. The van der Waals surface area contributed by atoms with Gasteiger partial charge in [-0.1, -0.05) is 105 Å². The van der Waals surface area contributed by atoms with Crippen molar-refractivity contribution in [3.8, 4) is 5.75 Å². The molecule has 4 aromatic carbocycles. The molecule has 0 N–H and O–H groups in total. The average Bonchev–Trinajstić information content (AvgIpc) is 2.99. The summed E-state index contributed by atoms with van der Waals surface area (Å²) in [4.78, 5) is 13.6. The number of ether oxygens (including phenoxy) is 2. The van der Waals surface area contributed by atoms with Gasteiger partial charge in [0, 0.05) is 29.8 Å². The number of non-ortho nitro benzene ring substituents is 1. The summed E-state index contributed by atoms with van der Waals surface area (Å²) in [5, 5.41) is 11.8. The highest BCUT2D eigenvalue weighted by Gasteiger charge is 2.51. The van der Waals surface area contributed by atoms with E-state index >= 15 is 0 Å². The van der Waals surface area contributed by atoms with Crippen molar-refractivity contribution in [2.75, 3.05) is 4.90 Å². The number of benzene rings is 4. The quantitative estimate of drug-likeness (QED) is 0.133. The second-order valence-corrected chi connectivity index (χ2v) is 10.2. The van der Waals surface area contributed by atoms with Gasteiger partial charge in [-0.05, 0) is 29.7 Å². The van der Waals surface area contributed by atoms with Crippen molar-refractivity contribution in [2.24, 2.45) is 0 Å². The molecule has 0 aromatic heterocycles. The average molecular weight is 521 g/mol. The van der Waals surface area contributed by atoms with Crippen LogP contribution in [-0.4, -0.2) is 11.2 Å². The molecule has 0 radical (unpaired) electrons. The fourth-order valence-electron chi connectivity index (χ4n) is 5.99. The third-order valence-corrected chi connectivity index (χ3v) is 7.81. The van der Waals surface area contributed by atoms with Crippen LogP contribution in [0.15, 0.2) is 103 Å². The zero-order chi connectivity index (χ0) is 26.8. The Bertz CT molecular complexity index is 1420. The van der Waals surface area contributed by atoms with Gasteiger partial charge in [0.15, 0.2) is 12.5 Å². The number of hydrogen-bond acceptors (Lipinski definition) is 5. The number of nitrogens with zero attached hydrogens (tertiary/aromatic N) is 2. The molecule has 198 valence electrons. The highest BCUT2D eigenvalue weighted by Crippen LogP contribution is 2.56. The van der Waals surface area contributed by atoms with Crippen molar-refractivity contribution >= 4 is 11.4 Å². The summed E-state index contributed by atoms with van der Waals surface area (Å²) in [6.45, 7) is 2.21. The van der Waals surface area contributed by atoms with Crippen LogP contribution in [0.1, 0.15) is 67.5 Å². The predicted molar refractivity (Wildman–Crippen MR) is 152 cm³/mol. The van der Waals surface area contributed by atoms with E-state index < -0.39 is 11.8 Å². The van der Waals surface area contributed by atoms with E-state index in [4.69, 9.17) is 9.47 Å². The molecule has 0 spiro atoms. The van der Waals surface area contributed by atoms with Gasteiger partial charge in [-0.2, -0.15) is 0 Å². The molecule has 39 heavy (non-hydrogen) atoms. The third kappa shape index (κ3) is 4.35. The van der Waals surface area contributed by atoms with Crippen LogP contribution in [0.2, 0.25) is 0 Å². The van der Waals surface area contributed by atoms with Gasteiger partial charge < -0.3 is 14.4 Å². The first-order valence-corrected chi connectivity index (χ1v) is 13.7. The Kier molecular flexibility index (Phi) is 6.79. The second-order valence-electron chi connectivity index (χ2n) is 10.2. The van der Waals surface area contributed by atoms with Crippen LogP contribution < -0.4 is 9.64 Å². The summed E-state index contributed by atoms with van der Waals surface area (Å²) in [7, 11) is 0. The molecular weight excluding hydrogens is 488 g/mol. The molecule has 0 unspecified atom stereocenters. The number of unbranched alkanes of at least 4 members (excludes halogenated alkanes) is 3. The number of para-hydroxylation sites is 1. The zero-order valence-corrected chi connectivity index (χ0v) is 22.0. The third-order valence-electron chi connectivity index (χ3n) is 7.81. The minimum Gasteiger partial charge on any atom is -0.470 e. The number of fused-ring (bicyclic) bond motifs is 5. The molecule has 0 fully saturated rings. The van der Waals surface area contributed by atoms with Gasteiger partial charge in [0.2, 0.25) is 0 Å². The molecule has 6 rings (SSSR count). The van der Waals surface area contributed by atoms with E-state index in [9.17, 15) is 10.1 Å². The Balaban J connectivity index is 1.59. The lowest BCUT2D eigenvalue weighted by molar-refractivity contribution is -0.385. The normalized spacial score (nSPS) is 18.8. The Morgan fingerprint density at radius 2 is 1.51 bits per heavy atom. The predicted octanol–water partition coefficient (Wildman–Crippen LogP) is 8.11. The minimum atomic E-state index is -0.924. The first kappa shape index (κ1) is 25.1. The summed E-state index contributed by atoms with van der Waals surface area (Å²) in [5.41, 5.74) is 3.80. The number of hydrogen-bond donors (Lipinski definition) is 0. The van der Waals surface area contributed by atoms with E-state index in [0.717, 1.165) is 48.1 Å². The molecule has 0 amide bonds. The maximum atomic E-state index is 11.8. The summed E-state index contributed by atoms with van der Waals surface area (Å²) < 4.78 is 13.9. The lowest BCUT2D eigenvalue weighted by Gasteiger charge is -2.53. The Morgan fingerprint density at radius 1 is 0.846 bits per heavy atom. The molecule has 6 nitrogen and oxygen atoms in total. The SMILES string of the molecule is CCCCCC[C@H]1Oc2ccc([N+](=O)[O-])cc2[C@@H]2OC(c3ccccc3)(c3ccccc3)c3ccccc3N12. The zero-order valence-electron chi connectivity index (χ0n) is 22.0. The Morgan fingerprint density at radius 3 is 2.18 bits per heavy atom. The van der Waals surface area contributed by atoms with Crippen molar-refractivity contribution in [3.63, 3.8) is 0 Å². The molecule has 4 aromatic rings. The molecular formula is C33H32N2O4. The van der Waals surface area contributed by atoms with Gasteiger partial charge in [-0.25, -0.2) is 0 Å². The second kappa shape index (κ2) is 10.5. The van der Waals surface area contributed by atoms with Crippen LogP contribution in [0.3, 0.4) is 0 Å². The van der Waals surface area contributed by atoms with E-state index in [1.807, 2.05) is 48.5 Å². The summed E-state index contributed by atoms with van der Waals surface area (Å²) in [6.07, 6.45) is 4.47. The van der Waals surface area contributed by atoms with Crippen LogP contribution in [0.4, 0.5) is 11.4 Å². The monoisotopic (exact) mass is 520 g/mol. The van der Waals surface area contributed by atoms with Crippen LogP contribution in [-0.2, 0) is 10.3 Å². The van der Waals surface area contributed by atoms with Gasteiger partial charge in [-0.3, -0.25) is 10.1 Å². The summed E-state index contributed by atoms with van der Waals surface area (Å²) in [6, 6.07) is 33.7. The molecule has 2 heterocycles. The summed E-state index contributed by atoms with van der Waals surface area (Å²) >= 11 is 0. The van der Waals surface area contributed by atoms with Crippen molar-refractivity contribution < 1.29 is 14.4 Å². The topological polar surface area (TPSA) is 64.8 Å². The highest BCUT2D eigenvalue weighted by atomic mass is 16.6. The molecule has 2 aliphatic heterocycles. The van der Waals surface area contributed by atoms with E-state index in [1.165, 1.54) is 12.5 Å². The number of anilines is 1. The Hall–Kier alpha value is -4.16. The van der Waals surface area contributed by atoms with E-state index in [1.54, 1.807) is 12.1 Å². The van der Waals surface area contributed by atoms with Crippen molar-refractivity contribution in [1.82, 2.24) is 0 Å². The van der Waals surface area contributed by atoms with Crippen molar-refractivity contribution in [1.29, 1.82) is 0 Å². The van der Waals surface area contributed by atoms with Gasteiger partial charge in [0.1, 0.15) is 11.4 Å². The smallest absolute Gasteiger partial charge is 0.270 e. The van der Waals surface area contributed by atoms with Crippen molar-refractivity contribution in [2.45, 2.75) is 57.1 Å². The fourth-order valence-corrected chi connectivity index (χ4v) is 5.99. The molecule has 0 saturated carbocycles. The van der Waals surface area contributed by atoms with Gasteiger partial charge in [0.05, 0.1) is 10.5 Å². The lowest BCUT2D eigenvalue weighted by atomic mass is 9.77. The fraction of sp³-hybridized carbons (Fsp3) is 0.273. The minimum absolute atomic E-state index is 0.0196. The van der Waals surface area contributed by atoms with Crippen LogP contribution in [0.5, 0.6) is 5.75 Å². The number of nitro benzene ring substituents is 1. The Labute approximate surface area is 229 Å². The first-order valence-electron chi connectivity index (χ1n) is 13.7. The van der Waals surface area contributed by atoms with Gasteiger partial charge in [0.25, 0.3) is 5.69 Å². The molecule has 2 atom stereocenters. The molecule has 0 bridgehead atoms. The molecule has 6 heteroatoms. The van der Waals surface area contributed by atoms with Gasteiger partial charge in [-0.15, -0.1) is 0 Å². The summed E-state index contributed by atoms with van der Waals surface area (Å²) in [5.74, 6) is 0.636. The maximum absolute atomic E-state index is 11.8. The standard InChI is InChI=1S/C33H32N2O4/c1-2-3-4-11-20-31-34-29-19-13-12-18-28(29)33(24-14-7-5-8-15-24,25-16-9-6-10-17-25)39-32(34)27-23-26(35(36)37)21-22-30(27)38-31/h5-10,12-19,21-23,31-32H,2-4,11,20H2,1H3/t31-,32+/m1/s1. The van der Waals surface area contributed by atoms with Crippen LogP contribution >= 0.6 is 0 Å². The van der Waals surface area contributed by atoms with E-state index in [-0.39, 0.29) is 16.8 Å². The molecule has 2 aliphatic rings. The largest absolute Gasteiger partial charge is 0.470 e. The van der Waals surface area contributed by atoms with E-state index in [0.29, 0.717) is 11.3 Å². The first-order chi connectivity index (χ1) is 19.1. The lowest BCUT2D eigenvalue weighted by Crippen LogP contribution is -2.54. The van der Waals surface area contributed by atoms with Crippen LogP contribution in [0.25, 0.3) is 0 Å². The van der Waals surface area contributed by atoms with Crippen LogP contribution in [0, 0.1) is 10.1 Å². The molecule has 0 saturated heterocycles. The highest BCUT2D eigenvalue weighted by molar-refractivity contribution is 5.67. The molecule has 0 aliphatic carbocycles.